The van der Waals surface area contributed by atoms with Gasteiger partial charge in [0.1, 0.15) is 5.82 Å². The van der Waals surface area contributed by atoms with Gasteiger partial charge in [0.05, 0.1) is 11.9 Å². The lowest BCUT2D eigenvalue weighted by Crippen LogP contribution is -2.21. The minimum Gasteiger partial charge on any atom is -0.340 e. The fourth-order valence-corrected chi connectivity index (χ4v) is 2.35. The lowest BCUT2D eigenvalue weighted by Gasteiger charge is -2.13. The lowest BCUT2D eigenvalue weighted by atomic mass is 10.0. The van der Waals surface area contributed by atoms with Gasteiger partial charge < -0.3 is 10.6 Å². The van der Waals surface area contributed by atoms with Gasteiger partial charge in [0.15, 0.2) is 0 Å². The summed E-state index contributed by atoms with van der Waals surface area (Å²) >= 11 is 5.94. The van der Waals surface area contributed by atoms with Gasteiger partial charge >= 0.3 is 0 Å². The van der Waals surface area contributed by atoms with Crippen molar-refractivity contribution in [3.05, 3.63) is 47.6 Å². The van der Waals surface area contributed by atoms with Crippen LogP contribution in [0.5, 0.6) is 0 Å². The van der Waals surface area contributed by atoms with Crippen LogP contribution in [-0.4, -0.2) is 10.9 Å². The number of carbonyl (C=O) groups excluding carboxylic acids is 1. The Morgan fingerprint density at radius 1 is 1.18 bits per heavy atom. The van der Waals surface area contributed by atoms with Gasteiger partial charge in [0.25, 0.3) is 0 Å². The predicted molar refractivity (Wildman–Crippen MR) is 91.7 cm³/mol. The minimum absolute atomic E-state index is 0.0438. The molecule has 22 heavy (non-hydrogen) atoms. The van der Waals surface area contributed by atoms with Crippen LogP contribution in [0.25, 0.3) is 0 Å². The van der Waals surface area contributed by atoms with Crippen molar-refractivity contribution < 1.29 is 4.79 Å². The zero-order chi connectivity index (χ0) is 15.9. The predicted octanol–water partition coefficient (Wildman–Crippen LogP) is 4.85. The first-order chi connectivity index (χ1) is 10.6. The van der Waals surface area contributed by atoms with Crippen LogP contribution in [0.1, 0.15) is 26.7 Å². The molecule has 4 nitrogen and oxygen atoms in total. The third kappa shape index (κ3) is 4.46. The first kappa shape index (κ1) is 16.3. The molecule has 116 valence electrons. The van der Waals surface area contributed by atoms with E-state index in [0.29, 0.717) is 16.5 Å². The number of carbonyl (C=O) groups is 1. The number of benzene rings is 1. The summed E-state index contributed by atoms with van der Waals surface area (Å²) in [7, 11) is 0. The maximum absolute atomic E-state index is 12.0. The van der Waals surface area contributed by atoms with Crippen molar-refractivity contribution in [3.63, 3.8) is 0 Å². The van der Waals surface area contributed by atoms with Crippen LogP contribution in [0, 0.1) is 5.92 Å². The van der Waals surface area contributed by atoms with Crippen LogP contribution < -0.4 is 10.6 Å². The topological polar surface area (TPSA) is 54.0 Å². The number of pyridine rings is 1. The van der Waals surface area contributed by atoms with Gasteiger partial charge in [-0.25, -0.2) is 4.98 Å². The summed E-state index contributed by atoms with van der Waals surface area (Å²) in [5.41, 5.74) is 1.57. The van der Waals surface area contributed by atoms with Gasteiger partial charge in [-0.05, 0) is 43.2 Å². The molecule has 0 unspecified atom stereocenters. The number of halogens is 1. The highest BCUT2D eigenvalue weighted by atomic mass is 35.5. The second-order valence-corrected chi connectivity index (χ2v) is 5.51. The molecule has 0 saturated heterocycles. The summed E-state index contributed by atoms with van der Waals surface area (Å²) in [6, 6.07) is 11.1. The number of nitrogens with zero attached hydrogens (tertiary/aromatic N) is 1. The Labute approximate surface area is 135 Å². The average molecular weight is 318 g/mol. The molecule has 0 radical (unpaired) electrons. The second-order valence-electron chi connectivity index (χ2n) is 5.07. The van der Waals surface area contributed by atoms with Crippen LogP contribution in [0.2, 0.25) is 5.02 Å². The van der Waals surface area contributed by atoms with E-state index in [-0.39, 0.29) is 11.8 Å². The number of nitrogens with one attached hydrogen (secondary N) is 2. The molecular formula is C17H20ClN3O. The molecule has 2 aromatic rings. The monoisotopic (exact) mass is 317 g/mol. The Balaban J connectivity index is 2.00. The number of anilines is 3. The summed E-state index contributed by atoms with van der Waals surface area (Å²) in [6.45, 7) is 4.04. The second kappa shape index (κ2) is 7.80. The van der Waals surface area contributed by atoms with Crippen molar-refractivity contribution in [1.82, 2.24) is 4.98 Å². The van der Waals surface area contributed by atoms with Gasteiger partial charge in [-0.15, -0.1) is 0 Å². The third-order valence-corrected chi connectivity index (χ3v) is 3.72. The fourth-order valence-electron chi connectivity index (χ4n) is 2.16. The zero-order valence-electron chi connectivity index (χ0n) is 12.8. The third-order valence-electron chi connectivity index (χ3n) is 3.48. The molecule has 0 saturated carbocycles. The Morgan fingerprint density at radius 3 is 2.55 bits per heavy atom. The highest BCUT2D eigenvalue weighted by Crippen LogP contribution is 2.20. The highest BCUT2D eigenvalue weighted by molar-refractivity contribution is 6.30. The van der Waals surface area contributed by atoms with Crippen molar-refractivity contribution in [2.75, 3.05) is 10.6 Å². The molecule has 1 amide bonds. The highest BCUT2D eigenvalue weighted by Gasteiger charge is 2.14. The first-order valence-electron chi connectivity index (χ1n) is 7.42. The van der Waals surface area contributed by atoms with Gasteiger partial charge in [0, 0.05) is 16.6 Å². The molecule has 0 atom stereocenters. The number of aromatic nitrogens is 1. The van der Waals surface area contributed by atoms with E-state index in [0.717, 1.165) is 18.5 Å². The molecular weight excluding hydrogens is 298 g/mol. The molecule has 2 rings (SSSR count). The Bertz CT molecular complexity index is 624. The molecule has 5 heteroatoms. The van der Waals surface area contributed by atoms with Gasteiger partial charge in [-0.1, -0.05) is 31.5 Å². The van der Waals surface area contributed by atoms with Crippen LogP contribution >= 0.6 is 11.6 Å². The van der Waals surface area contributed by atoms with E-state index in [1.807, 2.05) is 50.2 Å². The van der Waals surface area contributed by atoms with Crippen molar-refractivity contribution in [2.45, 2.75) is 26.7 Å². The molecule has 1 aromatic heterocycles. The SMILES string of the molecule is CCC(CC)C(=O)Nc1ccc(Nc2cccc(Cl)c2)nc1. The molecule has 0 bridgehead atoms. The lowest BCUT2D eigenvalue weighted by molar-refractivity contribution is -0.120. The maximum atomic E-state index is 12.0. The quantitative estimate of drug-likeness (QED) is 0.800. The summed E-state index contributed by atoms with van der Waals surface area (Å²) in [6.07, 6.45) is 3.32. The molecule has 1 heterocycles. The van der Waals surface area contributed by atoms with Gasteiger partial charge in [0.2, 0.25) is 5.91 Å². The maximum Gasteiger partial charge on any atom is 0.227 e. The molecule has 0 aliphatic heterocycles. The summed E-state index contributed by atoms with van der Waals surface area (Å²) < 4.78 is 0. The van der Waals surface area contributed by atoms with E-state index in [9.17, 15) is 4.79 Å². The van der Waals surface area contributed by atoms with E-state index in [4.69, 9.17) is 11.6 Å². The average Bonchev–Trinajstić information content (AvgIpc) is 2.50. The largest absolute Gasteiger partial charge is 0.340 e. The molecule has 0 aliphatic rings. The van der Waals surface area contributed by atoms with E-state index >= 15 is 0 Å². The first-order valence-corrected chi connectivity index (χ1v) is 7.79. The fraction of sp³-hybridized carbons (Fsp3) is 0.294. The smallest absolute Gasteiger partial charge is 0.227 e. The number of hydrogen-bond acceptors (Lipinski definition) is 3. The van der Waals surface area contributed by atoms with Gasteiger partial charge in [-0.3, -0.25) is 4.79 Å². The van der Waals surface area contributed by atoms with Crippen molar-refractivity contribution in [3.8, 4) is 0 Å². The van der Waals surface area contributed by atoms with Crippen molar-refractivity contribution >= 4 is 34.7 Å². The van der Waals surface area contributed by atoms with Crippen LogP contribution in [0.15, 0.2) is 42.6 Å². The van der Waals surface area contributed by atoms with Crippen molar-refractivity contribution in [1.29, 1.82) is 0 Å². The Kier molecular flexibility index (Phi) is 5.78. The van der Waals surface area contributed by atoms with E-state index in [1.54, 1.807) is 6.20 Å². The Morgan fingerprint density at radius 2 is 1.95 bits per heavy atom. The van der Waals surface area contributed by atoms with Crippen LogP contribution in [-0.2, 0) is 4.79 Å². The molecule has 2 N–H and O–H groups in total. The Hall–Kier alpha value is -2.07. The normalized spacial score (nSPS) is 10.5. The van der Waals surface area contributed by atoms with E-state index in [2.05, 4.69) is 15.6 Å². The standard InChI is InChI=1S/C17H20ClN3O/c1-3-12(4-2)17(22)21-15-8-9-16(19-11-15)20-14-7-5-6-13(18)10-14/h5-12H,3-4H2,1-2H3,(H,19,20)(H,21,22). The van der Waals surface area contributed by atoms with Crippen LogP contribution in [0.3, 0.4) is 0 Å². The van der Waals surface area contributed by atoms with Crippen LogP contribution in [0.4, 0.5) is 17.2 Å². The molecule has 1 aromatic carbocycles. The molecule has 0 aliphatic carbocycles. The number of amides is 1. The minimum atomic E-state index is 0.0438. The number of hydrogen-bond donors (Lipinski definition) is 2. The zero-order valence-corrected chi connectivity index (χ0v) is 13.5. The summed E-state index contributed by atoms with van der Waals surface area (Å²) in [5.74, 6) is 0.786. The van der Waals surface area contributed by atoms with E-state index in [1.165, 1.54) is 0 Å². The van der Waals surface area contributed by atoms with Gasteiger partial charge in [-0.2, -0.15) is 0 Å². The number of rotatable bonds is 6. The molecule has 0 spiro atoms. The van der Waals surface area contributed by atoms with Crippen molar-refractivity contribution in [2.24, 2.45) is 5.92 Å². The summed E-state index contributed by atoms with van der Waals surface area (Å²) in [5, 5.41) is 6.72. The molecule has 0 fully saturated rings. The summed E-state index contributed by atoms with van der Waals surface area (Å²) in [4.78, 5) is 16.3. The van der Waals surface area contributed by atoms with E-state index < -0.39 is 0 Å².